The van der Waals surface area contributed by atoms with Crippen molar-refractivity contribution in [3.63, 3.8) is 0 Å². The Balaban J connectivity index is 5.98. The first-order valence-electron chi connectivity index (χ1n) is 13.1. The fourth-order valence-electron chi connectivity index (χ4n) is 4.45. The zero-order valence-electron chi connectivity index (χ0n) is 24.6. The molecule has 0 aliphatic heterocycles. The summed E-state index contributed by atoms with van der Waals surface area (Å²) in [4.78, 5) is 39.1. The molecule has 0 saturated heterocycles. The Bertz CT molecular complexity index is 877. The maximum atomic E-state index is 13.3. The van der Waals surface area contributed by atoms with Crippen molar-refractivity contribution in [1.82, 2.24) is 5.32 Å². The maximum Gasteiger partial charge on any atom is 0.417 e. The molecular weight excluding hydrogens is 568 g/mol. The van der Waals surface area contributed by atoms with Crippen molar-refractivity contribution in [3.05, 3.63) is 0 Å². The number of nitrogens with one attached hydrogen (secondary N) is 1. The third-order valence-corrected chi connectivity index (χ3v) is 6.70. The number of halogens is 6. The molecule has 4 unspecified atom stereocenters. The topological polar surface area (TPSA) is 131 Å². The Morgan fingerprint density at radius 1 is 0.829 bits per heavy atom. The molecule has 0 heterocycles. The third-order valence-electron chi connectivity index (χ3n) is 6.70. The first kappa shape index (κ1) is 38.9. The van der Waals surface area contributed by atoms with E-state index in [9.17, 15) is 45.8 Å². The average Bonchev–Trinajstić information content (AvgIpc) is 2.79. The van der Waals surface area contributed by atoms with E-state index in [4.69, 9.17) is 19.3 Å². The van der Waals surface area contributed by atoms with Crippen molar-refractivity contribution in [2.24, 2.45) is 16.2 Å². The first-order chi connectivity index (χ1) is 18.4. The number of esters is 3. The highest BCUT2D eigenvalue weighted by molar-refractivity contribution is 5.82. The van der Waals surface area contributed by atoms with Crippen LogP contribution in [0.5, 0.6) is 0 Å². The standard InChI is InChI=1S/C26H43F6NO8/c1-8-22(5,20(37)41-17(2)13-24(7,38)26(30,31)32)15-23(6,14-21(3,4)18(35)40-12-10-34)19(36)39-11-9-33-16-25(27,28)29/h17,33-34,38H,8-16H2,1-7H3. The number of carbonyl (C=O) groups excluding carboxylic acids is 3. The van der Waals surface area contributed by atoms with E-state index >= 15 is 0 Å². The van der Waals surface area contributed by atoms with E-state index in [1.165, 1.54) is 34.6 Å². The molecule has 0 aliphatic carbocycles. The number of aliphatic hydroxyl groups is 2. The Morgan fingerprint density at radius 3 is 1.83 bits per heavy atom. The highest BCUT2D eigenvalue weighted by Gasteiger charge is 2.52. The molecule has 0 radical (unpaired) electrons. The molecule has 41 heavy (non-hydrogen) atoms. The van der Waals surface area contributed by atoms with Gasteiger partial charge in [-0.1, -0.05) is 6.92 Å². The summed E-state index contributed by atoms with van der Waals surface area (Å²) in [6.45, 7) is 6.12. The van der Waals surface area contributed by atoms with Gasteiger partial charge in [0.25, 0.3) is 0 Å². The molecule has 0 aromatic carbocycles. The molecule has 15 heteroatoms. The minimum atomic E-state index is -4.98. The lowest BCUT2D eigenvalue weighted by molar-refractivity contribution is -0.261. The Kier molecular flexibility index (Phi) is 14.1. The molecular formula is C26H43F6NO8. The van der Waals surface area contributed by atoms with E-state index < -0.39 is 84.4 Å². The highest BCUT2D eigenvalue weighted by Crippen LogP contribution is 2.46. The Hall–Kier alpha value is -2.13. The van der Waals surface area contributed by atoms with Crippen LogP contribution in [0.4, 0.5) is 26.3 Å². The van der Waals surface area contributed by atoms with Gasteiger partial charge in [0, 0.05) is 13.0 Å². The lowest BCUT2D eigenvalue weighted by atomic mass is 9.65. The van der Waals surface area contributed by atoms with Crippen LogP contribution in [0.25, 0.3) is 0 Å². The molecule has 0 aromatic heterocycles. The van der Waals surface area contributed by atoms with E-state index in [-0.39, 0.29) is 32.4 Å². The second-order valence-electron chi connectivity index (χ2n) is 11.7. The minimum absolute atomic E-state index is 0.0413. The molecule has 9 nitrogen and oxygen atoms in total. The van der Waals surface area contributed by atoms with Crippen LogP contribution >= 0.6 is 0 Å². The average molecular weight is 612 g/mol. The second-order valence-corrected chi connectivity index (χ2v) is 11.7. The lowest BCUT2D eigenvalue weighted by Crippen LogP contribution is -2.47. The van der Waals surface area contributed by atoms with Crippen LogP contribution in [-0.2, 0) is 28.6 Å². The predicted octanol–water partition coefficient (Wildman–Crippen LogP) is 4.08. The molecule has 4 atom stereocenters. The molecule has 0 fully saturated rings. The van der Waals surface area contributed by atoms with E-state index in [0.29, 0.717) is 6.92 Å². The fraction of sp³-hybridized carbons (Fsp3) is 0.885. The van der Waals surface area contributed by atoms with Crippen LogP contribution in [0.1, 0.15) is 74.1 Å². The molecule has 0 amide bonds. The molecule has 0 rings (SSSR count). The smallest absolute Gasteiger partial charge is 0.417 e. The van der Waals surface area contributed by atoms with Crippen LogP contribution in [0.2, 0.25) is 0 Å². The molecule has 242 valence electrons. The second kappa shape index (κ2) is 14.9. The number of hydrogen-bond acceptors (Lipinski definition) is 9. The summed E-state index contributed by atoms with van der Waals surface area (Å²) >= 11 is 0. The first-order valence-corrected chi connectivity index (χ1v) is 13.1. The predicted molar refractivity (Wildman–Crippen MR) is 134 cm³/mol. The van der Waals surface area contributed by atoms with Gasteiger partial charge >= 0.3 is 30.3 Å². The number of ether oxygens (including phenoxy) is 3. The fourth-order valence-corrected chi connectivity index (χ4v) is 4.45. The largest absolute Gasteiger partial charge is 0.464 e. The zero-order valence-corrected chi connectivity index (χ0v) is 24.6. The van der Waals surface area contributed by atoms with Gasteiger partial charge in [-0.05, 0) is 60.8 Å². The van der Waals surface area contributed by atoms with E-state index in [0.717, 1.165) is 0 Å². The van der Waals surface area contributed by atoms with Crippen molar-refractivity contribution in [2.75, 3.05) is 32.9 Å². The number of rotatable bonds is 17. The van der Waals surface area contributed by atoms with Crippen LogP contribution in [0.15, 0.2) is 0 Å². The van der Waals surface area contributed by atoms with E-state index in [1.807, 2.05) is 0 Å². The van der Waals surface area contributed by atoms with Crippen molar-refractivity contribution in [3.8, 4) is 0 Å². The summed E-state index contributed by atoms with van der Waals surface area (Å²) in [5.74, 6) is -2.67. The van der Waals surface area contributed by atoms with Gasteiger partial charge in [0.2, 0.25) is 0 Å². The molecule has 0 saturated carbocycles. The molecule has 0 aromatic rings. The van der Waals surface area contributed by atoms with Crippen molar-refractivity contribution in [2.45, 2.75) is 98.2 Å². The van der Waals surface area contributed by atoms with Crippen molar-refractivity contribution in [1.29, 1.82) is 0 Å². The summed E-state index contributed by atoms with van der Waals surface area (Å²) in [7, 11) is 0. The SMILES string of the molecule is CCC(C)(CC(C)(CC(C)(C)C(=O)OCCO)C(=O)OCCNCC(F)(F)F)C(=O)OC(C)CC(C)(O)C(F)(F)F. The van der Waals surface area contributed by atoms with Gasteiger partial charge < -0.3 is 29.7 Å². The van der Waals surface area contributed by atoms with E-state index in [1.54, 1.807) is 6.92 Å². The summed E-state index contributed by atoms with van der Waals surface area (Å²) in [5, 5.41) is 20.8. The summed E-state index contributed by atoms with van der Waals surface area (Å²) in [6.07, 6.45) is -12.3. The van der Waals surface area contributed by atoms with Gasteiger partial charge in [-0.15, -0.1) is 0 Å². The Morgan fingerprint density at radius 2 is 1.37 bits per heavy atom. The van der Waals surface area contributed by atoms with Crippen LogP contribution < -0.4 is 5.32 Å². The van der Waals surface area contributed by atoms with Crippen LogP contribution in [0, 0.1) is 16.2 Å². The number of aliphatic hydroxyl groups excluding tert-OH is 1. The van der Waals surface area contributed by atoms with Gasteiger partial charge in [0.15, 0.2) is 5.60 Å². The Labute approximate surface area is 236 Å². The van der Waals surface area contributed by atoms with Crippen molar-refractivity contribution < 1.29 is 65.1 Å². The summed E-state index contributed by atoms with van der Waals surface area (Å²) in [6, 6.07) is 0. The number of alkyl halides is 6. The molecule has 3 N–H and O–H groups in total. The normalized spacial score (nSPS) is 17.9. The van der Waals surface area contributed by atoms with Crippen LogP contribution in [-0.4, -0.2) is 85.1 Å². The third kappa shape index (κ3) is 12.7. The molecule has 0 spiro atoms. The minimum Gasteiger partial charge on any atom is -0.464 e. The zero-order chi connectivity index (χ0) is 32.5. The summed E-state index contributed by atoms with van der Waals surface area (Å²) in [5.41, 5.74) is -7.62. The van der Waals surface area contributed by atoms with Crippen LogP contribution in [0.3, 0.4) is 0 Å². The van der Waals surface area contributed by atoms with E-state index in [2.05, 4.69) is 5.32 Å². The van der Waals surface area contributed by atoms with Gasteiger partial charge in [-0.2, -0.15) is 26.3 Å². The monoisotopic (exact) mass is 611 g/mol. The van der Waals surface area contributed by atoms with Gasteiger partial charge in [0.1, 0.15) is 19.3 Å². The van der Waals surface area contributed by atoms with Crippen molar-refractivity contribution >= 4 is 17.9 Å². The highest BCUT2D eigenvalue weighted by atomic mass is 19.4. The van der Waals surface area contributed by atoms with Gasteiger partial charge in [-0.25, -0.2) is 0 Å². The maximum absolute atomic E-state index is 13.3. The lowest BCUT2D eigenvalue weighted by Gasteiger charge is -2.40. The summed E-state index contributed by atoms with van der Waals surface area (Å²) < 4.78 is 91.9. The van der Waals surface area contributed by atoms with Gasteiger partial charge in [0.05, 0.1) is 29.4 Å². The molecule has 0 bridgehead atoms. The molecule has 0 aliphatic rings. The quantitative estimate of drug-likeness (QED) is 0.0964. The number of carbonyl (C=O) groups is 3. The van der Waals surface area contributed by atoms with Gasteiger partial charge in [-0.3, -0.25) is 14.4 Å². The number of hydrogen-bond donors (Lipinski definition) is 3.